The predicted molar refractivity (Wildman–Crippen MR) is 225 cm³/mol. The average molecular weight is 684 g/mol. The van der Waals surface area contributed by atoms with Crippen molar-refractivity contribution < 1.29 is 0 Å². The predicted octanol–water partition coefficient (Wildman–Crippen LogP) is 14.4. The standard InChI is InChI=1S/C50H41N3/c1-38-18-26-45(27-19-38)53(46-28-20-39(2)21-29-46)48-32-24-41(25-33-48)40-22-30-47(31-23-40)52(44-16-10-5-11-17-44)50-36-34-49(35-37-50)51(42-12-6-3-7-13-42)43-14-8-4-9-15-43/h3-37H,1-2H3. The minimum absolute atomic E-state index is 1.09. The summed E-state index contributed by atoms with van der Waals surface area (Å²) in [7, 11) is 0. The molecule has 3 heteroatoms. The molecule has 0 radical (unpaired) electrons. The molecule has 53 heavy (non-hydrogen) atoms. The summed E-state index contributed by atoms with van der Waals surface area (Å²) in [6, 6.07) is 75.6. The van der Waals surface area contributed by atoms with Gasteiger partial charge in [0.15, 0.2) is 0 Å². The van der Waals surface area contributed by atoms with E-state index in [4.69, 9.17) is 0 Å². The highest BCUT2D eigenvalue weighted by molar-refractivity contribution is 5.83. The number of aryl methyl sites for hydroxylation is 2. The van der Waals surface area contributed by atoms with Crippen molar-refractivity contribution in [2.75, 3.05) is 14.7 Å². The Morgan fingerprint density at radius 3 is 0.642 bits per heavy atom. The molecule has 0 aliphatic heterocycles. The fourth-order valence-corrected chi connectivity index (χ4v) is 6.82. The molecule has 0 spiro atoms. The molecule has 0 saturated heterocycles. The monoisotopic (exact) mass is 683 g/mol. The molecule has 0 heterocycles. The maximum atomic E-state index is 2.31. The fraction of sp³-hybridized carbons (Fsp3) is 0.0400. The van der Waals surface area contributed by atoms with Gasteiger partial charge in [-0.2, -0.15) is 0 Å². The van der Waals surface area contributed by atoms with E-state index in [1.54, 1.807) is 0 Å². The zero-order valence-corrected chi connectivity index (χ0v) is 30.0. The third kappa shape index (κ3) is 7.33. The van der Waals surface area contributed by atoms with Crippen LogP contribution < -0.4 is 14.7 Å². The van der Waals surface area contributed by atoms with Crippen molar-refractivity contribution in [3.8, 4) is 11.1 Å². The van der Waals surface area contributed by atoms with Crippen LogP contribution in [0, 0.1) is 13.8 Å². The second-order valence-corrected chi connectivity index (χ2v) is 13.3. The lowest BCUT2D eigenvalue weighted by atomic mass is 10.0. The van der Waals surface area contributed by atoms with Crippen LogP contribution in [0.5, 0.6) is 0 Å². The average Bonchev–Trinajstić information content (AvgIpc) is 3.22. The van der Waals surface area contributed by atoms with Gasteiger partial charge in [0.2, 0.25) is 0 Å². The summed E-state index contributed by atoms with van der Waals surface area (Å²) >= 11 is 0. The van der Waals surface area contributed by atoms with E-state index in [-0.39, 0.29) is 0 Å². The Labute approximate surface area is 313 Å². The summed E-state index contributed by atoms with van der Waals surface area (Å²) in [5.74, 6) is 0. The molecule has 0 unspecified atom stereocenters. The minimum atomic E-state index is 1.09. The molecule has 0 N–H and O–H groups in total. The maximum absolute atomic E-state index is 2.31. The van der Waals surface area contributed by atoms with Crippen LogP contribution in [0.15, 0.2) is 212 Å². The van der Waals surface area contributed by atoms with E-state index >= 15 is 0 Å². The van der Waals surface area contributed by atoms with E-state index in [0.29, 0.717) is 0 Å². The highest BCUT2D eigenvalue weighted by Crippen LogP contribution is 2.40. The molecule has 0 amide bonds. The fourth-order valence-electron chi connectivity index (χ4n) is 6.82. The second kappa shape index (κ2) is 15.2. The first kappa shape index (κ1) is 33.3. The molecule has 0 fully saturated rings. The molecule has 0 aliphatic carbocycles. The van der Waals surface area contributed by atoms with E-state index in [2.05, 4.69) is 241 Å². The Morgan fingerprint density at radius 1 is 0.208 bits per heavy atom. The number of hydrogen-bond donors (Lipinski definition) is 0. The molecule has 256 valence electrons. The van der Waals surface area contributed by atoms with Gasteiger partial charge in [-0.25, -0.2) is 0 Å². The lowest BCUT2D eigenvalue weighted by molar-refractivity contribution is 1.26. The highest BCUT2D eigenvalue weighted by Gasteiger charge is 2.17. The Balaban J connectivity index is 1.09. The quantitative estimate of drug-likeness (QED) is 0.142. The summed E-state index contributed by atoms with van der Waals surface area (Å²) in [4.78, 5) is 6.91. The maximum Gasteiger partial charge on any atom is 0.0463 e. The van der Waals surface area contributed by atoms with Gasteiger partial charge < -0.3 is 14.7 Å². The zero-order valence-electron chi connectivity index (χ0n) is 30.0. The topological polar surface area (TPSA) is 9.72 Å². The van der Waals surface area contributed by atoms with Crippen molar-refractivity contribution in [1.82, 2.24) is 0 Å². The number of benzene rings is 8. The second-order valence-electron chi connectivity index (χ2n) is 13.3. The SMILES string of the molecule is Cc1ccc(N(c2ccc(C)cc2)c2ccc(-c3ccc(N(c4ccccc4)c4ccc(N(c5ccccc5)c5ccccc5)cc4)cc3)cc2)cc1. The van der Waals surface area contributed by atoms with Crippen molar-refractivity contribution in [2.45, 2.75) is 13.8 Å². The van der Waals surface area contributed by atoms with E-state index in [1.807, 2.05) is 0 Å². The lowest BCUT2D eigenvalue weighted by Crippen LogP contribution is -2.12. The van der Waals surface area contributed by atoms with Crippen LogP contribution >= 0.6 is 0 Å². The van der Waals surface area contributed by atoms with E-state index < -0.39 is 0 Å². The summed E-state index contributed by atoms with van der Waals surface area (Å²) in [6.45, 7) is 4.25. The van der Waals surface area contributed by atoms with Crippen LogP contribution in [-0.2, 0) is 0 Å². The van der Waals surface area contributed by atoms with Crippen LogP contribution in [0.1, 0.15) is 11.1 Å². The smallest absolute Gasteiger partial charge is 0.0463 e. The van der Waals surface area contributed by atoms with Crippen molar-refractivity contribution in [2.24, 2.45) is 0 Å². The van der Waals surface area contributed by atoms with Crippen LogP contribution in [0.3, 0.4) is 0 Å². The van der Waals surface area contributed by atoms with Gasteiger partial charge in [0.1, 0.15) is 0 Å². The van der Waals surface area contributed by atoms with Gasteiger partial charge in [0.25, 0.3) is 0 Å². The Kier molecular flexibility index (Phi) is 9.54. The molecule has 0 atom stereocenters. The molecular formula is C50H41N3. The van der Waals surface area contributed by atoms with Crippen molar-refractivity contribution in [3.05, 3.63) is 223 Å². The molecule has 0 aromatic heterocycles. The summed E-state index contributed by atoms with van der Waals surface area (Å²) in [5, 5.41) is 0. The molecule has 0 saturated carbocycles. The van der Waals surface area contributed by atoms with Crippen LogP contribution in [-0.4, -0.2) is 0 Å². The Morgan fingerprint density at radius 2 is 0.396 bits per heavy atom. The van der Waals surface area contributed by atoms with Crippen LogP contribution in [0.4, 0.5) is 51.2 Å². The normalized spacial score (nSPS) is 10.8. The van der Waals surface area contributed by atoms with Gasteiger partial charge in [-0.1, -0.05) is 114 Å². The van der Waals surface area contributed by atoms with Gasteiger partial charge in [-0.15, -0.1) is 0 Å². The third-order valence-electron chi connectivity index (χ3n) is 9.58. The summed E-state index contributed by atoms with van der Waals surface area (Å²) in [6.07, 6.45) is 0. The van der Waals surface area contributed by atoms with Gasteiger partial charge in [0.05, 0.1) is 0 Å². The van der Waals surface area contributed by atoms with Gasteiger partial charge >= 0.3 is 0 Å². The Hall–Kier alpha value is -6.84. The number of rotatable bonds is 10. The summed E-state index contributed by atoms with van der Waals surface area (Å²) < 4.78 is 0. The first-order valence-electron chi connectivity index (χ1n) is 18.1. The molecule has 8 rings (SSSR count). The van der Waals surface area contributed by atoms with Gasteiger partial charge in [0, 0.05) is 51.2 Å². The van der Waals surface area contributed by atoms with Crippen molar-refractivity contribution in [3.63, 3.8) is 0 Å². The van der Waals surface area contributed by atoms with Gasteiger partial charge in [-0.05, 0) is 134 Å². The largest absolute Gasteiger partial charge is 0.311 e. The highest BCUT2D eigenvalue weighted by atomic mass is 15.2. The van der Waals surface area contributed by atoms with Crippen molar-refractivity contribution >= 4 is 51.2 Å². The number of hydrogen-bond acceptors (Lipinski definition) is 3. The number of anilines is 9. The Bertz CT molecular complexity index is 2270. The van der Waals surface area contributed by atoms with E-state index in [0.717, 1.165) is 51.2 Å². The zero-order chi connectivity index (χ0) is 36.0. The van der Waals surface area contributed by atoms with Crippen LogP contribution in [0.25, 0.3) is 11.1 Å². The third-order valence-corrected chi connectivity index (χ3v) is 9.58. The number of para-hydroxylation sites is 3. The molecule has 8 aromatic rings. The minimum Gasteiger partial charge on any atom is -0.311 e. The van der Waals surface area contributed by atoms with Crippen LogP contribution in [0.2, 0.25) is 0 Å². The lowest BCUT2D eigenvalue weighted by Gasteiger charge is -2.28. The number of nitrogens with zero attached hydrogens (tertiary/aromatic N) is 3. The van der Waals surface area contributed by atoms with Crippen molar-refractivity contribution in [1.29, 1.82) is 0 Å². The molecule has 0 bridgehead atoms. The molecular weight excluding hydrogens is 643 g/mol. The molecule has 0 aliphatic rings. The molecule has 8 aromatic carbocycles. The van der Waals surface area contributed by atoms with E-state index in [1.165, 1.54) is 22.3 Å². The first-order chi connectivity index (χ1) is 26.1. The molecule has 3 nitrogen and oxygen atoms in total. The summed E-state index contributed by atoms with van der Waals surface area (Å²) in [5.41, 5.74) is 14.9. The first-order valence-corrected chi connectivity index (χ1v) is 18.1. The van der Waals surface area contributed by atoms with Gasteiger partial charge in [-0.3, -0.25) is 0 Å². The van der Waals surface area contributed by atoms with E-state index in [9.17, 15) is 0 Å².